The number of Topliss-reactive ketones (excluding diaryl/α,β-unsaturated/α-hetero) is 2. The maximum Gasteiger partial charge on any atom is 0.255 e. The monoisotopic (exact) mass is 577 g/mol. The Morgan fingerprint density at radius 2 is 1.88 bits per heavy atom. The summed E-state index contributed by atoms with van der Waals surface area (Å²) < 4.78 is 5.25. The van der Waals surface area contributed by atoms with Crippen LogP contribution in [-0.4, -0.2) is 86.5 Å². The molecule has 6 N–H and O–H groups in total. The number of fused-ring (bicyclic) bond motifs is 3. The number of furan rings is 1. The van der Waals surface area contributed by atoms with Gasteiger partial charge in [0.15, 0.2) is 11.4 Å². The minimum atomic E-state index is -2.67. The Kier molecular flexibility index (Phi) is 6.79. The third kappa shape index (κ3) is 4.02. The normalized spacial score (nSPS) is 28.1. The Morgan fingerprint density at radius 3 is 2.50 bits per heavy atom. The number of ketones is 2. The van der Waals surface area contributed by atoms with Crippen LogP contribution in [0.4, 0.5) is 0 Å². The number of carbonyl (C=O) groups is 3. The predicted octanol–water partition coefficient (Wildman–Crippen LogP) is 2.37. The Bertz CT molecular complexity index is 1550. The van der Waals surface area contributed by atoms with Gasteiger partial charge in [0.25, 0.3) is 5.91 Å². The molecule has 1 amide bonds. The molecule has 4 atom stereocenters. The number of nitrogens with two attached hydrogens (primary N) is 1. The minimum Gasteiger partial charge on any atom is -0.510 e. The quantitative estimate of drug-likeness (QED) is 0.331. The van der Waals surface area contributed by atoms with Crippen LogP contribution < -0.4 is 5.73 Å². The van der Waals surface area contributed by atoms with Crippen LogP contribution in [0.3, 0.4) is 0 Å². The first kappa shape index (κ1) is 28.2. The van der Waals surface area contributed by atoms with Crippen LogP contribution in [0, 0.1) is 11.8 Å². The van der Waals surface area contributed by atoms with E-state index in [0.717, 1.165) is 37.9 Å². The van der Waals surface area contributed by atoms with Crippen molar-refractivity contribution in [3.05, 3.63) is 64.0 Å². The van der Waals surface area contributed by atoms with E-state index in [1.165, 1.54) is 12.5 Å². The number of hydrogen-bond donors (Lipinski definition) is 5. The van der Waals surface area contributed by atoms with Crippen molar-refractivity contribution < 1.29 is 39.2 Å². The summed E-state index contributed by atoms with van der Waals surface area (Å²) >= 11 is 0. The van der Waals surface area contributed by atoms with Crippen molar-refractivity contribution in [1.82, 2.24) is 9.80 Å². The fourth-order valence-corrected chi connectivity index (χ4v) is 7.53. The van der Waals surface area contributed by atoms with Gasteiger partial charge in [-0.15, -0.1) is 0 Å². The molecule has 1 saturated heterocycles. The second-order valence-corrected chi connectivity index (χ2v) is 12.1. The number of aliphatic hydroxyl groups excluding tert-OH is 2. The highest BCUT2D eigenvalue weighted by Gasteiger charge is 2.63. The van der Waals surface area contributed by atoms with E-state index in [-0.39, 0.29) is 29.7 Å². The number of benzene rings is 1. The summed E-state index contributed by atoms with van der Waals surface area (Å²) in [6, 6.07) is 2.54. The zero-order valence-electron chi connectivity index (χ0n) is 23.6. The maximum atomic E-state index is 14.3. The number of primary amides is 1. The smallest absolute Gasteiger partial charge is 0.255 e. The van der Waals surface area contributed by atoms with Crippen molar-refractivity contribution >= 4 is 17.5 Å². The molecule has 4 aliphatic rings. The molecule has 0 saturated carbocycles. The molecule has 1 aromatic heterocycles. The van der Waals surface area contributed by atoms with Gasteiger partial charge in [-0.05, 0) is 82.0 Å². The number of phenols is 1. The molecule has 4 unspecified atom stereocenters. The van der Waals surface area contributed by atoms with E-state index in [4.69, 9.17) is 10.2 Å². The number of aliphatic hydroxyl groups is 3. The maximum absolute atomic E-state index is 14.3. The van der Waals surface area contributed by atoms with Gasteiger partial charge in [0.05, 0.1) is 24.1 Å². The molecule has 0 spiro atoms. The van der Waals surface area contributed by atoms with Crippen LogP contribution in [0.5, 0.6) is 5.75 Å². The van der Waals surface area contributed by atoms with Gasteiger partial charge < -0.3 is 30.6 Å². The van der Waals surface area contributed by atoms with Crippen molar-refractivity contribution in [2.45, 2.75) is 50.3 Å². The molecule has 0 radical (unpaired) electrons. The second-order valence-electron chi connectivity index (χ2n) is 12.1. The summed E-state index contributed by atoms with van der Waals surface area (Å²) in [6.45, 7) is 2.39. The molecular formula is C31H35N3O8. The SMILES string of the molecule is CN(C)C1C(O)=C(C(N)=O)C(=O)C2(O)C(O)=C3C(=O)c4c(O)c(-c5ccoc5)cc(CN5CCCCC5)c4CC3CC12. The number of amides is 1. The Balaban J connectivity index is 1.54. The molecule has 2 heterocycles. The van der Waals surface area contributed by atoms with Crippen molar-refractivity contribution in [2.75, 3.05) is 27.2 Å². The molecule has 1 fully saturated rings. The molecule has 1 aliphatic heterocycles. The summed E-state index contributed by atoms with van der Waals surface area (Å²) in [4.78, 5) is 43.9. The number of rotatable bonds is 5. The van der Waals surface area contributed by atoms with E-state index in [0.29, 0.717) is 23.2 Å². The second kappa shape index (κ2) is 10.1. The number of piperidine rings is 1. The van der Waals surface area contributed by atoms with Crippen LogP contribution in [0.2, 0.25) is 0 Å². The molecule has 1 aromatic carbocycles. The van der Waals surface area contributed by atoms with Crippen LogP contribution in [0.1, 0.15) is 47.2 Å². The highest BCUT2D eigenvalue weighted by Crippen LogP contribution is 2.53. The van der Waals surface area contributed by atoms with Gasteiger partial charge in [0.1, 0.15) is 22.8 Å². The first-order valence-electron chi connectivity index (χ1n) is 14.2. The van der Waals surface area contributed by atoms with Gasteiger partial charge in [-0.3, -0.25) is 24.2 Å². The van der Waals surface area contributed by atoms with Gasteiger partial charge in [-0.25, -0.2) is 0 Å². The van der Waals surface area contributed by atoms with E-state index >= 15 is 0 Å². The third-order valence-corrected chi connectivity index (χ3v) is 9.49. The van der Waals surface area contributed by atoms with Crippen LogP contribution in [-0.2, 0) is 22.6 Å². The van der Waals surface area contributed by atoms with E-state index in [9.17, 15) is 34.8 Å². The number of likely N-dealkylation sites (N-methyl/N-ethyl adjacent to an activating group) is 1. The summed E-state index contributed by atoms with van der Waals surface area (Å²) in [5, 5.41) is 45.9. The Morgan fingerprint density at radius 1 is 1.17 bits per heavy atom. The van der Waals surface area contributed by atoms with Gasteiger partial charge in [0.2, 0.25) is 5.78 Å². The van der Waals surface area contributed by atoms with Crippen LogP contribution in [0.15, 0.2) is 51.7 Å². The zero-order chi connectivity index (χ0) is 30.1. The minimum absolute atomic E-state index is 0.0153. The fraction of sp³-hybridized carbons (Fsp3) is 0.452. The molecule has 2 aromatic rings. The number of carbonyl (C=O) groups excluding carboxylic acids is 3. The first-order chi connectivity index (χ1) is 20.0. The van der Waals surface area contributed by atoms with Crippen LogP contribution >= 0.6 is 0 Å². The van der Waals surface area contributed by atoms with Crippen molar-refractivity contribution in [3.8, 4) is 16.9 Å². The van der Waals surface area contributed by atoms with E-state index in [1.807, 2.05) is 6.07 Å². The Hall–Kier alpha value is -3.93. The average molecular weight is 578 g/mol. The van der Waals surface area contributed by atoms with Crippen LogP contribution in [0.25, 0.3) is 11.1 Å². The highest BCUT2D eigenvalue weighted by atomic mass is 16.3. The topological polar surface area (TPSA) is 178 Å². The lowest BCUT2D eigenvalue weighted by molar-refractivity contribution is -0.148. The predicted molar refractivity (Wildman–Crippen MR) is 151 cm³/mol. The molecule has 0 bridgehead atoms. The largest absolute Gasteiger partial charge is 0.510 e. The third-order valence-electron chi connectivity index (χ3n) is 9.49. The van der Waals surface area contributed by atoms with Gasteiger partial charge in [-0.2, -0.15) is 0 Å². The molecule has 222 valence electrons. The highest BCUT2D eigenvalue weighted by molar-refractivity contribution is 6.25. The van der Waals surface area contributed by atoms with Crippen molar-refractivity contribution in [3.63, 3.8) is 0 Å². The van der Waals surface area contributed by atoms with E-state index in [2.05, 4.69) is 4.90 Å². The first-order valence-corrected chi connectivity index (χ1v) is 14.2. The van der Waals surface area contributed by atoms with Crippen molar-refractivity contribution in [1.29, 1.82) is 0 Å². The lowest BCUT2D eigenvalue weighted by Crippen LogP contribution is -2.63. The summed E-state index contributed by atoms with van der Waals surface area (Å²) in [5.74, 6) is -6.60. The summed E-state index contributed by atoms with van der Waals surface area (Å²) in [6.07, 6.45) is 6.56. The van der Waals surface area contributed by atoms with E-state index in [1.54, 1.807) is 25.1 Å². The van der Waals surface area contributed by atoms with Gasteiger partial charge >= 0.3 is 0 Å². The standard InChI is InChI=1S/C31H35N3O8/c1-33(2)24-20-12-16-10-18-17(13-34-7-4-3-5-8-34)11-19(15-6-9-42-14-15)25(35)22(18)26(36)21(16)28(38)31(20,41)29(39)23(27(24)37)30(32)40/h6,9,11,14,16,20,24,35,37-38,41H,3-5,7-8,10,12-13H2,1-2H3,(H2,32,40). The number of likely N-dealkylation sites (tertiary alicyclic amines) is 1. The number of aromatic hydroxyl groups is 1. The molecule has 6 rings (SSSR count). The van der Waals surface area contributed by atoms with Crippen molar-refractivity contribution in [2.24, 2.45) is 17.6 Å². The Labute approximate surface area is 242 Å². The molecule has 11 nitrogen and oxygen atoms in total. The van der Waals surface area contributed by atoms with E-state index < -0.39 is 58.0 Å². The lowest BCUT2D eigenvalue weighted by Gasteiger charge is -2.50. The number of phenolic OH excluding ortho intramolecular Hbond substituents is 1. The van der Waals surface area contributed by atoms with Gasteiger partial charge in [0, 0.05) is 29.2 Å². The molecule has 42 heavy (non-hydrogen) atoms. The average Bonchev–Trinajstić information content (AvgIpc) is 3.47. The summed E-state index contributed by atoms with van der Waals surface area (Å²) in [7, 11) is 3.22. The molecule has 3 aliphatic carbocycles. The molecule has 11 heteroatoms. The van der Waals surface area contributed by atoms with Gasteiger partial charge in [-0.1, -0.05) is 6.42 Å². The number of hydrogen-bond acceptors (Lipinski definition) is 10. The lowest BCUT2D eigenvalue weighted by atomic mass is 9.58. The summed E-state index contributed by atoms with van der Waals surface area (Å²) in [5.41, 5.74) is 4.28. The number of allylic oxidation sites excluding steroid dienone is 1. The zero-order valence-corrected chi connectivity index (χ0v) is 23.6. The molecular weight excluding hydrogens is 542 g/mol. The number of nitrogens with zero attached hydrogens (tertiary/aromatic N) is 2. The fourth-order valence-electron chi connectivity index (χ4n) is 7.53.